The maximum absolute atomic E-state index is 12.4. The Morgan fingerprint density at radius 2 is 2.00 bits per heavy atom. The summed E-state index contributed by atoms with van der Waals surface area (Å²) in [5.74, 6) is 0.101. The third-order valence-electron chi connectivity index (χ3n) is 4.21. The molecule has 0 atom stereocenters. The molecule has 0 N–H and O–H groups in total. The zero-order valence-corrected chi connectivity index (χ0v) is 15.6. The predicted octanol–water partition coefficient (Wildman–Crippen LogP) is 2.44. The Hall–Kier alpha value is -2.48. The topological polar surface area (TPSA) is 75.6 Å². The summed E-state index contributed by atoms with van der Waals surface area (Å²) in [5, 5.41) is 2.91. The first-order chi connectivity index (χ1) is 12.7. The highest BCUT2D eigenvalue weighted by Gasteiger charge is 2.24. The van der Waals surface area contributed by atoms with E-state index in [2.05, 4.69) is 9.97 Å². The number of nitrogens with zero attached hydrogens (tertiary/aromatic N) is 4. The quantitative estimate of drug-likeness (QED) is 0.803. The minimum atomic E-state index is -0.301. The molecule has 2 aromatic heterocycles. The van der Waals surface area contributed by atoms with Gasteiger partial charge in [0.15, 0.2) is 0 Å². The molecule has 0 bridgehead atoms. The number of thiazole rings is 1. The molecule has 0 aliphatic carbocycles. The summed E-state index contributed by atoms with van der Waals surface area (Å²) in [6.45, 7) is 4.30. The van der Waals surface area contributed by atoms with E-state index in [9.17, 15) is 9.59 Å². The lowest BCUT2D eigenvalue weighted by atomic mass is 10.2. The van der Waals surface area contributed by atoms with Gasteiger partial charge in [-0.2, -0.15) is 0 Å². The van der Waals surface area contributed by atoms with Gasteiger partial charge in [-0.3, -0.25) is 9.78 Å². The van der Waals surface area contributed by atoms with Crippen molar-refractivity contribution in [3.63, 3.8) is 0 Å². The lowest BCUT2D eigenvalue weighted by Crippen LogP contribution is -2.50. The second-order valence-electron chi connectivity index (χ2n) is 5.95. The Labute approximate surface area is 156 Å². The summed E-state index contributed by atoms with van der Waals surface area (Å²) in [6, 6.07) is 3.86. The number of aromatic nitrogens is 2. The van der Waals surface area contributed by atoms with Crippen molar-refractivity contribution >= 4 is 23.3 Å². The van der Waals surface area contributed by atoms with Crippen molar-refractivity contribution in [2.24, 2.45) is 0 Å². The molecule has 2 aromatic rings. The van der Waals surface area contributed by atoms with Crippen molar-refractivity contribution in [3.8, 4) is 10.6 Å². The highest BCUT2D eigenvalue weighted by molar-refractivity contribution is 7.13. The maximum Gasteiger partial charge on any atom is 0.409 e. The third kappa shape index (κ3) is 4.57. The molecule has 0 unspecified atom stereocenters. The van der Waals surface area contributed by atoms with Crippen molar-refractivity contribution in [2.75, 3.05) is 32.8 Å². The summed E-state index contributed by atoms with van der Waals surface area (Å²) < 4.78 is 4.99. The number of rotatable bonds is 5. The van der Waals surface area contributed by atoms with E-state index in [1.807, 2.05) is 22.4 Å². The number of amides is 2. The van der Waals surface area contributed by atoms with Crippen molar-refractivity contribution in [3.05, 3.63) is 35.6 Å². The Balaban J connectivity index is 1.46. The van der Waals surface area contributed by atoms with Gasteiger partial charge in [0.25, 0.3) is 0 Å². The zero-order chi connectivity index (χ0) is 18.4. The van der Waals surface area contributed by atoms with Gasteiger partial charge in [-0.15, -0.1) is 11.3 Å². The van der Waals surface area contributed by atoms with Crippen LogP contribution in [0.15, 0.2) is 29.9 Å². The lowest BCUT2D eigenvalue weighted by molar-refractivity contribution is -0.132. The van der Waals surface area contributed by atoms with E-state index in [0.717, 1.165) is 16.3 Å². The van der Waals surface area contributed by atoms with Gasteiger partial charge in [0.1, 0.15) is 5.01 Å². The molecule has 3 heterocycles. The largest absolute Gasteiger partial charge is 0.450 e. The number of pyridine rings is 1. The van der Waals surface area contributed by atoms with E-state index < -0.39 is 0 Å². The van der Waals surface area contributed by atoms with Crippen LogP contribution < -0.4 is 0 Å². The number of carbonyl (C=O) groups excluding carboxylic acids is 2. The Kier molecular flexibility index (Phi) is 6.17. The van der Waals surface area contributed by atoms with Crippen LogP contribution in [0.2, 0.25) is 0 Å². The molecule has 7 nitrogen and oxygen atoms in total. The predicted molar refractivity (Wildman–Crippen MR) is 98.8 cm³/mol. The third-order valence-corrected chi connectivity index (χ3v) is 5.15. The summed E-state index contributed by atoms with van der Waals surface area (Å²) in [4.78, 5) is 36.3. The van der Waals surface area contributed by atoms with Gasteiger partial charge >= 0.3 is 6.09 Å². The Bertz CT molecular complexity index is 742. The monoisotopic (exact) mass is 374 g/mol. The van der Waals surface area contributed by atoms with E-state index in [0.29, 0.717) is 45.6 Å². The van der Waals surface area contributed by atoms with Gasteiger partial charge in [0, 0.05) is 55.9 Å². The minimum absolute atomic E-state index is 0.101. The molecule has 0 radical (unpaired) electrons. The van der Waals surface area contributed by atoms with Crippen LogP contribution in [0, 0.1) is 0 Å². The van der Waals surface area contributed by atoms with Crippen LogP contribution in [0.4, 0.5) is 4.79 Å². The number of ether oxygens (including phenoxy) is 1. The van der Waals surface area contributed by atoms with Gasteiger partial charge in [-0.25, -0.2) is 9.78 Å². The second kappa shape index (κ2) is 8.75. The molecule has 8 heteroatoms. The molecule has 1 aliphatic rings. The van der Waals surface area contributed by atoms with Gasteiger partial charge in [0.2, 0.25) is 5.91 Å². The van der Waals surface area contributed by atoms with E-state index in [1.54, 1.807) is 35.6 Å². The van der Waals surface area contributed by atoms with Crippen LogP contribution >= 0.6 is 11.3 Å². The zero-order valence-electron chi connectivity index (χ0n) is 14.8. The SMILES string of the molecule is CCOC(=O)N1CCN(C(=O)CCc2csc(-c3cccnc3)n2)CC1. The van der Waals surface area contributed by atoms with Crippen LogP contribution in [0.25, 0.3) is 10.6 Å². The normalized spacial score (nSPS) is 14.3. The molecule has 2 amide bonds. The lowest BCUT2D eigenvalue weighted by Gasteiger charge is -2.34. The van der Waals surface area contributed by atoms with E-state index >= 15 is 0 Å². The minimum Gasteiger partial charge on any atom is -0.450 e. The van der Waals surface area contributed by atoms with E-state index in [-0.39, 0.29) is 12.0 Å². The molecule has 1 saturated heterocycles. The number of piperazine rings is 1. The molecular weight excluding hydrogens is 352 g/mol. The fourth-order valence-corrected chi connectivity index (χ4v) is 3.63. The van der Waals surface area contributed by atoms with Crippen LogP contribution in [0.3, 0.4) is 0 Å². The fraction of sp³-hybridized carbons (Fsp3) is 0.444. The standard InChI is InChI=1S/C18H22N4O3S/c1-2-25-18(24)22-10-8-21(9-11-22)16(23)6-5-15-13-26-17(20-15)14-4-3-7-19-12-14/h3-4,7,12-13H,2,5-6,8-11H2,1H3. The number of aryl methyl sites for hydroxylation is 1. The fourth-order valence-electron chi connectivity index (χ4n) is 2.79. The van der Waals surface area contributed by atoms with Crippen LogP contribution in [-0.2, 0) is 16.0 Å². The Morgan fingerprint density at radius 1 is 1.23 bits per heavy atom. The van der Waals surface area contributed by atoms with Crippen molar-refractivity contribution in [2.45, 2.75) is 19.8 Å². The van der Waals surface area contributed by atoms with Crippen LogP contribution in [0.5, 0.6) is 0 Å². The first kappa shape index (κ1) is 18.3. The highest BCUT2D eigenvalue weighted by Crippen LogP contribution is 2.23. The van der Waals surface area contributed by atoms with E-state index in [4.69, 9.17) is 4.74 Å². The van der Waals surface area contributed by atoms with Crippen molar-refractivity contribution in [1.29, 1.82) is 0 Å². The maximum atomic E-state index is 12.4. The van der Waals surface area contributed by atoms with Crippen LogP contribution in [-0.4, -0.2) is 64.6 Å². The van der Waals surface area contributed by atoms with E-state index in [1.165, 1.54) is 0 Å². The van der Waals surface area contributed by atoms with Crippen molar-refractivity contribution in [1.82, 2.24) is 19.8 Å². The molecule has 1 aliphatic heterocycles. The summed E-state index contributed by atoms with van der Waals surface area (Å²) in [5.41, 5.74) is 1.91. The molecule has 26 heavy (non-hydrogen) atoms. The number of hydrogen-bond donors (Lipinski definition) is 0. The first-order valence-corrected chi connectivity index (χ1v) is 9.59. The highest BCUT2D eigenvalue weighted by atomic mass is 32.1. The molecule has 138 valence electrons. The smallest absolute Gasteiger partial charge is 0.409 e. The molecule has 0 spiro atoms. The number of carbonyl (C=O) groups is 2. The average Bonchev–Trinajstić information content (AvgIpc) is 3.16. The summed E-state index contributed by atoms with van der Waals surface area (Å²) in [7, 11) is 0. The van der Waals surface area contributed by atoms with Crippen molar-refractivity contribution < 1.29 is 14.3 Å². The second-order valence-corrected chi connectivity index (χ2v) is 6.81. The van der Waals surface area contributed by atoms with Gasteiger partial charge in [-0.1, -0.05) is 0 Å². The van der Waals surface area contributed by atoms with Gasteiger partial charge in [0.05, 0.1) is 12.3 Å². The van der Waals surface area contributed by atoms with Gasteiger partial charge in [-0.05, 0) is 25.5 Å². The summed E-state index contributed by atoms with van der Waals surface area (Å²) in [6.07, 6.45) is 4.27. The Morgan fingerprint density at radius 3 is 2.69 bits per heavy atom. The average molecular weight is 374 g/mol. The first-order valence-electron chi connectivity index (χ1n) is 8.71. The molecule has 1 fully saturated rings. The molecule has 0 saturated carbocycles. The molecule has 0 aromatic carbocycles. The van der Waals surface area contributed by atoms with Crippen LogP contribution in [0.1, 0.15) is 19.0 Å². The number of hydrogen-bond acceptors (Lipinski definition) is 6. The summed E-state index contributed by atoms with van der Waals surface area (Å²) >= 11 is 1.56. The van der Waals surface area contributed by atoms with Gasteiger partial charge < -0.3 is 14.5 Å². The molecular formula is C18H22N4O3S. The molecule has 3 rings (SSSR count).